The molecule has 3 heterocycles. The van der Waals surface area contributed by atoms with Crippen LogP contribution in [0.15, 0.2) is 28.0 Å². The van der Waals surface area contributed by atoms with Crippen LogP contribution in [0.5, 0.6) is 0 Å². The summed E-state index contributed by atoms with van der Waals surface area (Å²) < 4.78 is 55.4. The Balaban J connectivity index is 1.98. The molecule has 1 fully saturated rings. The van der Waals surface area contributed by atoms with Gasteiger partial charge in [-0.1, -0.05) is 0 Å². The molecule has 32 heavy (non-hydrogen) atoms. The molecule has 0 aliphatic heterocycles. The molecule has 1 saturated carbocycles. The fourth-order valence-electron chi connectivity index (χ4n) is 3.87. The zero-order valence-corrected chi connectivity index (χ0v) is 18.5. The first-order chi connectivity index (χ1) is 15.1. The number of nitrogens with zero attached hydrogens (tertiary/aromatic N) is 5. The van der Waals surface area contributed by atoms with Gasteiger partial charge in [0, 0.05) is 25.9 Å². The Bertz CT molecular complexity index is 1320. The van der Waals surface area contributed by atoms with E-state index in [0.717, 1.165) is 6.07 Å². The van der Waals surface area contributed by atoms with Gasteiger partial charge in [0.15, 0.2) is 16.4 Å². The molecule has 0 amide bonds. The first-order valence-corrected chi connectivity index (χ1v) is 11.4. The van der Waals surface area contributed by atoms with E-state index < -0.39 is 34.0 Å². The van der Waals surface area contributed by atoms with Crippen LogP contribution < -0.4 is 5.56 Å². The number of fused-ring (bicyclic) bond motifs is 1. The molecule has 0 unspecified atom stereocenters. The third kappa shape index (κ3) is 3.38. The molecule has 3 aromatic rings. The smallest absolute Gasteiger partial charge is 0.431 e. The van der Waals surface area contributed by atoms with Gasteiger partial charge in [0.25, 0.3) is 5.56 Å². The number of hydrogen-bond acceptors (Lipinski definition) is 5. The van der Waals surface area contributed by atoms with E-state index in [1.807, 2.05) is 0 Å². The van der Waals surface area contributed by atoms with E-state index in [-0.39, 0.29) is 34.8 Å². The van der Waals surface area contributed by atoms with Gasteiger partial charge < -0.3 is 13.7 Å². The van der Waals surface area contributed by atoms with Gasteiger partial charge in [0.1, 0.15) is 17.0 Å². The second-order valence-electron chi connectivity index (χ2n) is 7.70. The van der Waals surface area contributed by atoms with Crippen molar-refractivity contribution in [2.75, 3.05) is 5.75 Å². The summed E-state index contributed by atoms with van der Waals surface area (Å²) in [7, 11) is 1.52. The number of alkyl halides is 3. The number of hydrogen-bond donors (Lipinski definition) is 0. The third-order valence-corrected chi connectivity index (χ3v) is 7.16. The van der Waals surface area contributed by atoms with E-state index in [0.29, 0.717) is 27.9 Å². The molecular formula is C21H20F3N5O2S. The molecule has 7 nitrogen and oxygen atoms in total. The zero-order valence-electron chi connectivity index (χ0n) is 17.7. The quantitative estimate of drug-likeness (QED) is 0.539. The van der Waals surface area contributed by atoms with Crippen LogP contribution in [0.1, 0.15) is 37.9 Å². The normalized spacial score (nSPS) is 16.2. The predicted octanol–water partition coefficient (Wildman–Crippen LogP) is 3.52. The molecule has 168 valence electrons. The summed E-state index contributed by atoms with van der Waals surface area (Å²) in [5, 5.41) is 9.49. The summed E-state index contributed by atoms with van der Waals surface area (Å²) in [6, 6.07) is 4.80. The number of halogens is 3. The summed E-state index contributed by atoms with van der Waals surface area (Å²) >= 11 is -1.47. The molecule has 0 bridgehead atoms. The summed E-state index contributed by atoms with van der Waals surface area (Å²) in [4.78, 5) is 21.9. The fourth-order valence-corrected chi connectivity index (χ4v) is 4.80. The molecule has 1 aliphatic carbocycles. The first-order valence-electron chi connectivity index (χ1n) is 10.1. The first kappa shape index (κ1) is 22.4. The standard InChI is InChI=1S/C21H20F3N5O2S/c1-4-29-15(21(22,23)24)9-13-17(19(29)30)28(3)18(27-13)16-14(32(31)5-2)8-12(10-26-16)20(11-25)6-7-20/h8-10H,4-7H2,1-3H3/t32-/m1/s1. The Morgan fingerprint density at radius 3 is 2.53 bits per heavy atom. The minimum atomic E-state index is -4.72. The lowest BCUT2D eigenvalue weighted by molar-refractivity contribution is -0.144. The molecule has 11 heteroatoms. The van der Waals surface area contributed by atoms with Crippen molar-refractivity contribution in [2.24, 2.45) is 7.05 Å². The Morgan fingerprint density at radius 2 is 2.00 bits per heavy atom. The van der Waals surface area contributed by atoms with Gasteiger partial charge >= 0.3 is 6.18 Å². The van der Waals surface area contributed by atoms with Crippen LogP contribution in [-0.4, -0.2) is 29.4 Å². The van der Waals surface area contributed by atoms with Crippen molar-refractivity contribution in [2.45, 2.75) is 49.7 Å². The highest BCUT2D eigenvalue weighted by molar-refractivity contribution is 7.91. The average Bonchev–Trinajstić information content (AvgIpc) is 3.49. The average molecular weight is 463 g/mol. The second kappa shape index (κ2) is 7.64. The van der Waals surface area contributed by atoms with Crippen LogP contribution in [0.3, 0.4) is 0 Å². The Hall–Kier alpha value is -2.84. The van der Waals surface area contributed by atoms with Gasteiger partial charge in [-0.2, -0.15) is 18.4 Å². The number of aromatic nitrogens is 4. The van der Waals surface area contributed by atoms with Gasteiger partial charge in [0.05, 0.1) is 17.0 Å². The van der Waals surface area contributed by atoms with Crippen molar-refractivity contribution in [3.63, 3.8) is 0 Å². The van der Waals surface area contributed by atoms with E-state index in [9.17, 15) is 27.8 Å². The van der Waals surface area contributed by atoms with Gasteiger partial charge in [-0.25, -0.2) is 9.97 Å². The number of rotatable bonds is 5. The fraction of sp³-hybridized carbons (Fsp3) is 0.429. The molecular weight excluding hydrogens is 443 g/mol. The molecule has 0 saturated heterocycles. The molecule has 1 atom stereocenters. The van der Waals surface area contributed by atoms with Crippen molar-refractivity contribution in [1.82, 2.24) is 19.1 Å². The minimum Gasteiger partial charge on any atom is -0.611 e. The number of nitriles is 1. The van der Waals surface area contributed by atoms with E-state index in [1.165, 1.54) is 24.7 Å². The minimum absolute atomic E-state index is 0.00430. The summed E-state index contributed by atoms with van der Waals surface area (Å²) in [5.74, 6) is 0.423. The van der Waals surface area contributed by atoms with Crippen LogP contribution in [0.4, 0.5) is 13.2 Å². The van der Waals surface area contributed by atoms with E-state index in [2.05, 4.69) is 16.0 Å². The van der Waals surface area contributed by atoms with Crippen LogP contribution >= 0.6 is 0 Å². The van der Waals surface area contributed by atoms with E-state index >= 15 is 0 Å². The van der Waals surface area contributed by atoms with Crippen molar-refractivity contribution in [1.29, 1.82) is 5.26 Å². The van der Waals surface area contributed by atoms with Crippen LogP contribution in [0.2, 0.25) is 0 Å². The van der Waals surface area contributed by atoms with Crippen molar-refractivity contribution in [3.8, 4) is 17.6 Å². The Kier molecular flexibility index (Phi) is 5.33. The summed E-state index contributed by atoms with van der Waals surface area (Å²) in [6.45, 7) is 3.04. The number of imidazole rings is 1. The van der Waals surface area contributed by atoms with Crippen LogP contribution in [0, 0.1) is 11.3 Å². The topological polar surface area (TPSA) is 99.6 Å². The molecule has 4 rings (SSSR count). The lowest BCUT2D eigenvalue weighted by Gasteiger charge is -2.15. The van der Waals surface area contributed by atoms with E-state index in [1.54, 1.807) is 13.0 Å². The summed E-state index contributed by atoms with van der Waals surface area (Å²) in [6.07, 6.45) is -1.82. The van der Waals surface area contributed by atoms with Crippen LogP contribution in [-0.2, 0) is 36.4 Å². The Morgan fingerprint density at radius 1 is 1.31 bits per heavy atom. The second-order valence-corrected chi connectivity index (χ2v) is 9.41. The lowest BCUT2D eigenvalue weighted by Crippen LogP contribution is -2.28. The molecule has 0 aromatic carbocycles. The SMILES string of the molecule is CCn1c(C(F)(F)F)cc2nc(-c3ncc(C4(C#N)CC4)cc3[S@+]([O-])CC)n(C)c2c1=O. The highest BCUT2D eigenvalue weighted by atomic mass is 32.2. The van der Waals surface area contributed by atoms with Gasteiger partial charge in [-0.15, -0.1) is 0 Å². The maximum atomic E-state index is 13.5. The maximum absolute atomic E-state index is 13.5. The van der Waals surface area contributed by atoms with Gasteiger partial charge in [-0.3, -0.25) is 4.79 Å². The van der Waals surface area contributed by atoms with E-state index in [4.69, 9.17) is 0 Å². The van der Waals surface area contributed by atoms with Gasteiger partial charge in [0.2, 0.25) is 0 Å². The molecule has 3 aromatic heterocycles. The molecule has 0 spiro atoms. The number of aryl methyl sites for hydroxylation is 1. The summed E-state index contributed by atoms with van der Waals surface area (Å²) in [5.41, 5.74) is -1.75. The van der Waals surface area contributed by atoms with Crippen molar-refractivity contribution < 1.29 is 17.7 Å². The molecule has 1 aliphatic rings. The Labute approximate surface area is 184 Å². The highest BCUT2D eigenvalue weighted by Gasteiger charge is 2.46. The predicted molar refractivity (Wildman–Crippen MR) is 112 cm³/mol. The van der Waals surface area contributed by atoms with Gasteiger partial charge in [-0.05, 0) is 49.5 Å². The monoisotopic (exact) mass is 463 g/mol. The third-order valence-electron chi connectivity index (χ3n) is 5.83. The van der Waals surface area contributed by atoms with Crippen molar-refractivity contribution >= 4 is 22.2 Å². The zero-order chi connectivity index (χ0) is 23.4. The lowest BCUT2D eigenvalue weighted by atomic mass is 9.99. The van der Waals surface area contributed by atoms with Crippen molar-refractivity contribution in [3.05, 3.63) is 39.9 Å². The maximum Gasteiger partial charge on any atom is 0.431 e. The highest BCUT2D eigenvalue weighted by Crippen LogP contribution is 2.48. The molecule has 0 N–H and O–H groups in total. The molecule has 0 radical (unpaired) electrons. The van der Waals surface area contributed by atoms with Crippen LogP contribution in [0.25, 0.3) is 22.6 Å². The largest absolute Gasteiger partial charge is 0.611 e. The number of pyridine rings is 2.